The highest BCUT2D eigenvalue weighted by Crippen LogP contribution is 2.36. The molecule has 212 valence electrons. The number of anilines is 1. The largest absolute Gasteiger partial charge is 0.493 e. The fourth-order valence-electron chi connectivity index (χ4n) is 4.65. The molecule has 0 saturated carbocycles. The van der Waals surface area contributed by atoms with Crippen molar-refractivity contribution < 1.29 is 32.5 Å². The molecule has 0 unspecified atom stereocenters. The SMILES string of the molecule is COc1cc2ncnc(Oc3ccc(NC(=O)c4c5c(cn(-c6ccc(F)cc6)c4=O)CCO5)cc3F)c2cc1OC. The van der Waals surface area contributed by atoms with Crippen LogP contribution in [0.4, 0.5) is 14.5 Å². The van der Waals surface area contributed by atoms with E-state index in [1.807, 2.05) is 0 Å². The first-order valence-electron chi connectivity index (χ1n) is 12.7. The van der Waals surface area contributed by atoms with Crippen LogP contribution in [0.5, 0.6) is 28.9 Å². The number of pyridine rings is 1. The molecule has 6 rings (SSSR count). The van der Waals surface area contributed by atoms with Crippen LogP contribution in [0.1, 0.15) is 15.9 Å². The molecule has 0 atom stereocenters. The lowest BCUT2D eigenvalue weighted by molar-refractivity contribution is 0.102. The lowest BCUT2D eigenvalue weighted by atomic mass is 10.1. The third kappa shape index (κ3) is 4.83. The Morgan fingerprint density at radius 3 is 2.48 bits per heavy atom. The Hall–Kier alpha value is -5.52. The average molecular weight is 573 g/mol. The predicted octanol–water partition coefficient (Wildman–Crippen LogP) is 5.06. The lowest BCUT2D eigenvalue weighted by Gasteiger charge is -2.14. The number of nitrogens with zero attached hydrogens (tertiary/aromatic N) is 3. The lowest BCUT2D eigenvalue weighted by Crippen LogP contribution is -2.29. The molecule has 0 spiro atoms. The van der Waals surface area contributed by atoms with E-state index in [4.69, 9.17) is 18.9 Å². The van der Waals surface area contributed by atoms with Gasteiger partial charge in [0.15, 0.2) is 23.1 Å². The summed E-state index contributed by atoms with van der Waals surface area (Å²) in [6.45, 7) is 0.291. The van der Waals surface area contributed by atoms with Crippen molar-refractivity contribution in [2.75, 3.05) is 26.1 Å². The number of hydrogen-bond acceptors (Lipinski definition) is 8. The minimum atomic E-state index is -0.793. The zero-order valence-electron chi connectivity index (χ0n) is 22.3. The van der Waals surface area contributed by atoms with E-state index in [1.54, 1.807) is 18.3 Å². The van der Waals surface area contributed by atoms with Crippen molar-refractivity contribution in [3.8, 4) is 34.6 Å². The quantitative estimate of drug-likeness (QED) is 0.288. The van der Waals surface area contributed by atoms with Gasteiger partial charge >= 0.3 is 0 Å². The molecule has 3 heterocycles. The molecular formula is C30H22F2N4O6. The fourth-order valence-corrected chi connectivity index (χ4v) is 4.65. The number of fused-ring (bicyclic) bond motifs is 2. The summed E-state index contributed by atoms with van der Waals surface area (Å²) >= 11 is 0. The first kappa shape index (κ1) is 26.7. The number of nitrogens with one attached hydrogen (secondary N) is 1. The van der Waals surface area contributed by atoms with Crippen LogP contribution in [0.2, 0.25) is 0 Å². The second kappa shape index (κ2) is 10.8. The van der Waals surface area contributed by atoms with E-state index in [1.165, 1.54) is 61.5 Å². The van der Waals surface area contributed by atoms with Gasteiger partial charge in [-0.15, -0.1) is 0 Å². The van der Waals surface area contributed by atoms with Crippen LogP contribution in [-0.4, -0.2) is 41.3 Å². The van der Waals surface area contributed by atoms with Gasteiger partial charge in [0.1, 0.15) is 23.5 Å². The maximum Gasteiger partial charge on any atom is 0.271 e. The smallest absolute Gasteiger partial charge is 0.271 e. The van der Waals surface area contributed by atoms with Crippen molar-refractivity contribution in [1.82, 2.24) is 14.5 Å². The number of carbonyl (C=O) groups is 1. The monoisotopic (exact) mass is 572 g/mol. The molecule has 0 fully saturated rings. The molecule has 1 amide bonds. The van der Waals surface area contributed by atoms with Gasteiger partial charge in [-0.25, -0.2) is 18.7 Å². The Morgan fingerprint density at radius 2 is 1.74 bits per heavy atom. The normalized spacial score (nSPS) is 12.0. The number of rotatable bonds is 7. The summed E-state index contributed by atoms with van der Waals surface area (Å²) in [7, 11) is 2.98. The molecule has 0 aliphatic carbocycles. The van der Waals surface area contributed by atoms with Crippen LogP contribution in [-0.2, 0) is 6.42 Å². The molecule has 10 nitrogen and oxygen atoms in total. The maximum absolute atomic E-state index is 15.2. The summed E-state index contributed by atoms with van der Waals surface area (Å²) in [5.41, 5.74) is 0.684. The Kier molecular flexibility index (Phi) is 6.87. The Balaban J connectivity index is 1.29. The zero-order valence-corrected chi connectivity index (χ0v) is 22.3. The predicted molar refractivity (Wildman–Crippen MR) is 148 cm³/mol. The molecule has 1 aliphatic heterocycles. The van der Waals surface area contributed by atoms with Crippen molar-refractivity contribution in [2.24, 2.45) is 0 Å². The minimum absolute atomic E-state index is 0.0760. The van der Waals surface area contributed by atoms with E-state index >= 15 is 4.39 Å². The highest BCUT2D eigenvalue weighted by Gasteiger charge is 2.27. The highest BCUT2D eigenvalue weighted by molar-refractivity contribution is 6.06. The van der Waals surface area contributed by atoms with E-state index in [0.717, 1.165) is 6.07 Å². The maximum atomic E-state index is 15.2. The van der Waals surface area contributed by atoms with Gasteiger partial charge in [0.2, 0.25) is 5.88 Å². The topological polar surface area (TPSA) is 114 Å². The first-order chi connectivity index (χ1) is 20.4. The molecule has 3 aromatic carbocycles. The summed E-state index contributed by atoms with van der Waals surface area (Å²) in [4.78, 5) is 35.0. The van der Waals surface area contributed by atoms with Crippen molar-refractivity contribution in [3.05, 3.63) is 100 Å². The number of methoxy groups -OCH3 is 2. The number of halogens is 2. The Morgan fingerprint density at radius 1 is 0.976 bits per heavy atom. The molecule has 5 aromatic rings. The van der Waals surface area contributed by atoms with Crippen LogP contribution in [0.25, 0.3) is 16.6 Å². The van der Waals surface area contributed by atoms with Gasteiger partial charge in [0, 0.05) is 41.7 Å². The Labute approximate surface area is 237 Å². The molecular weight excluding hydrogens is 550 g/mol. The van der Waals surface area contributed by atoms with Crippen molar-refractivity contribution in [3.63, 3.8) is 0 Å². The molecule has 1 N–H and O–H groups in total. The number of carbonyl (C=O) groups excluding carboxylic acids is 1. The van der Waals surface area contributed by atoms with Crippen LogP contribution in [0.3, 0.4) is 0 Å². The minimum Gasteiger partial charge on any atom is -0.493 e. The van der Waals surface area contributed by atoms with Gasteiger partial charge in [-0.3, -0.25) is 14.2 Å². The average Bonchev–Trinajstić information content (AvgIpc) is 3.46. The number of hydrogen-bond donors (Lipinski definition) is 1. The highest BCUT2D eigenvalue weighted by atomic mass is 19.1. The van der Waals surface area contributed by atoms with Crippen molar-refractivity contribution >= 4 is 22.5 Å². The van der Waals surface area contributed by atoms with Gasteiger partial charge in [0.25, 0.3) is 11.5 Å². The van der Waals surface area contributed by atoms with E-state index in [2.05, 4.69) is 15.3 Å². The molecule has 42 heavy (non-hydrogen) atoms. The number of ether oxygens (including phenoxy) is 4. The first-order valence-corrected chi connectivity index (χ1v) is 12.7. The van der Waals surface area contributed by atoms with Crippen LogP contribution in [0, 0.1) is 11.6 Å². The summed E-state index contributed by atoms with van der Waals surface area (Å²) in [5.74, 6) is -1.09. The summed E-state index contributed by atoms with van der Waals surface area (Å²) in [6.07, 6.45) is 3.33. The van der Waals surface area contributed by atoms with E-state index in [0.29, 0.717) is 46.7 Å². The molecule has 0 bridgehead atoms. The number of amides is 1. The number of benzene rings is 3. The standard InChI is InChI=1S/C30H22F2N4O6/c1-39-24-12-20-22(13-25(24)40-2)33-15-34-29(20)42-23-8-5-18(11-21(23)32)35-28(37)26-27-16(9-10-41-27)14-36(30(26)38)19-6-3-17(31)4-7-19/h3-8,11-15H,9-10H2,1-2H3,(H,35,37). The van der Waals surface area contributed by atoms with E-state index in [-0.39, 0.29) is 28.6 Å². The van der Waals surface area contributed by atoms with Crippen molar-refractivity contribution in [1.29, 1.82) is 0 Å². The molecule has 12 heteroatoms. The van der Waals surface area contributed by atoms with Crippen LogP contribution < -0.4 is 29.8 Å². The van der Waals surface area contributed by atoms with Gasteiger partial charge in [-0.1, -0.05) is 0 Å². The van der Waals surface area contributed by atoms with Gasteiger partial charge < -0.3 is 24.3 Å². The summed E-state index contributed by atoms with van der Waals surface area (Å²) in [5, 5.41) is 3.02. The molecule has 1 aliphatic rings. The van der Waals surface area contributed by atoms with Gasteiger partial charge in [-0.2, -0.15) is 0 Å². The summed E-state index contributed by atoms with van der Waals surface area (Å²) < 4.78 is 51.9. The third-order valence-corrected chi connectivity index (χ3v) is 6.69. The van der Waals surface area contributed by atoms with Crippen LogP contribution >= 0.6 is 0 Å². The second-order valence-corrected chi connectivity index (χ2v) is 9.21. The van der Waals surface area contributed by atoms with Gasteiger partial charge in [0.05, 0.1) is 31.7 Å². The molecule has 0 radical (unpaired) electrons. The second-order valence-electron chi connectivity index (χ2n) is 9.21. The third-order valence-electron chi connectivity index (χ3n) is 6.69. The summed E-state index contributed by atoms with van der Waals surface area (Å²) in [6, 6.07) is 12.4. The molecule has 2 aromatic heterocycles. The van der Waals surface area contributed by atoms with Crippen molar-refractivity contribution in [2.45, 2.75) is 6.42 Å². The zero-order chi connectivity index (χ0) is 29.4. The fraction of sp³-hybridized carbons (Fsp3) is 0.133. The number of aromatic nitrogens is 3. The van der Waals surface area contributed by atoms with Crippen LogP contribution in [0.15, 0.2) is 71.9 Å². The van der Waals surface area contributed by atoms with Gasteiger partial charge in [-0.05, 0) is 42.5 Å². The van der Waals surface area contributed by atoms with E-state index in [9.17, 15) is 14.0 Å². The van der Waals surface area contributed by atoms with E-state index < -0.39 is 23.1 Å². The molecule has 0 saturated heterocycles. The Bertz CT molecular complexity index is 1910.